The van der Waals surface area contributed by atoms with Crippen molar-refractivity contribution in [2.24, 2.45) is 0 Å². The van der Waals surface area contributed by atoms with Crippen LogP contribution in [0.2, 0.25) is 0 Å². The van der Waals surface area contributed by atoms with Gasteiger partial charge in [0.05, 0.1) is 0 Å². The zero-order valence-electron chi connectivity index (χ0n) is 11.5. The Bertz CT molecular complexity index is 658. The molecule has 1 heterocycles. The molecule has 0 saturated carbocycles. The summed E-state index contributed by atoms with van der Waals surface area (Å²) in [6, 6.07) is 6.99. The van der Waals surface area contributed by atoms with Gasteiger partial charge in [-0.15, -0.1) is 0 Å². The third-order valence-electron chi connectivity index (χ3n) is 3.23. The molecular formula is C15H16NO4. The highest BCUT2D eigenvalue weighted by molar-refractivity contribution is 5.83. The van der Waals surface area contributed by atoms with E-state index in [0.717, 1.165) is 24.2 Å². The lowest BCUT2D eigenvalue weighted by atomic mass is 10.1. The van der Waals surface area contributed by atoms with E-state index in [4.69, 9.17) is 4.42 Å². The van der Waals surface area contributed by atoms with E-state index in [1.54, 1.807) is 0 Å². The lowest BCUT2D eigenvalue weighted by molar-refractivity contribution is 0.267. The smallest absolute Gasteiger partial charge is 0.417 e. The molecule has 20 heavy (non-hydrogen) atoms. The molecule has 5 heteroatoms. The van der Waals surface area contributed by atoms with Gasteiger partial charge in [-0.25, -0.2) is 9.59 Å². The summed E-state index contributed by atoms with van der Waals surface area (Å²) < 4.78 is 9.83. The van der Waals surface area contributed by atoms with Crippen molar-refractivity contribution in [2.45, 2.75) is 20.5 Å². The van der Waals surface area contributed by atoms with E-state index in [9.17, 15) is 9.59 Å². The number of hydrogen-bond acceptors (Lipinski definition) is 5. The van der Waals surface area contributed by atoms with Crippen LogP contribution in [0.15, 0.2) is 33.5 Å². The van der Waals surface area contributed by atoms with Gasteiger partial charge < -0.3 is 14.1 Å². The van der Waals surface area contributed by atoms with E-state index in [1.165, 1.54) is 12.5 Å². The van der Waals surface area contributed by atoms with Crippen molar-refractivity contribution in [1.29, 1.82) is 0 Å². The van der Waals surface area contributed by atoms with Crippen molar-refractivity contribution >= 4 is 23.1 Å². The average molecular weight is 274 g/mol. The number of ether oxygens (including phenoxy) is 1. The minimum atomic E-state index is -0.460. The highest BCUT2D eigenvalue weighted by Gasteiger charge is 2.09. The summed E-state index contributed by atoms with van der Waals surface area (Å²) in [6.45, 7) is 7.23. The zero-order valence-corrected chi connectivity index (χ0v) is 11.5. The Morgan fingerprint density at radius 3 is 2.65 bits per heavy atom. The SMILES string of the molecule is CCN(CC)c1ccc2c(CO[C]=O)cc(=O)oc2c1. The van der Waals surface area contributed by atoms with Crippen LogP contribution in [-0.4, -0.2) is 19.6 Å². The number of hydrogen-bond donors (Lipinski definition) is 0. The van der Waals surface area contributed by atoms with Gasteiger partial charge in [-0.2, -0.15) is 0 Å². The van der Waals surface area contributed by atoms with Gasteiger partial charge in [0.1, 0.15) is 12.2 Å². The third kappa shape index (κ3) is 2.82. The fourth-order valence-electron chi connectivity index (χ4n) is 2.23. The fourth-order valence-corrected chi connectivity index (χ4v) is 2.23. The van der Waals surface area contributed by atoms with Crippen molar-refractivity contribution in [3.8, 4) is 0 Å². The molecular weight excluding hydrogens is 258 g/mol. The van der Waals surface area contributed by atoms with Crippen molar-refractivity contribution in [1.82, 2.24) is 0 Å². The largest absolute Gasteiger partial charge is 0.452 e. The van der Waals surface area contributed by atoms with E-state index >= 15 is 0 Å². The van der Waals surface area contributed by atoms with E-state index in [0.29, 0.717) is 11.1 Å². The summed E-state index contributed by atoms with van der Waals surface area (Å²) >= 11 is 0. The highest BCUT2D eigenvalue weighted by atomic mass is 16.5. The fraction of sp³-hybridized carbons (Fsp3) is 0.333. The third-order valence-corrected chi connectivity index (χ3v) is 3.23. The molecule has 0 amide bonds. The van der Waals surface area contributed by atoms with Gasteiger partial charge in [0.25, 0.3) is 0 Å². The molecule has 2 rings (SSSR count). The summed E-state index contributed by atoms with van der Waals surface area (Å²) in [4.78, 5) is 23.9. The Labute approximate surface area is 116 Å². The highest BCUT2D eigenvalue weighted by Crippen LogP contribution is 2.24. The minimum absolute atomic E-state index is 0.0101. The average Bonchev–Trinajstić information content (AvgIpc) is 2.45. The molecule has 0 spiro atoms. The van der Waals surface area contributed by atoms with E-state index in [1.807, 2.05) is 18.2 Å². The normalized spacial score (nSPS) is 10.5. The van der Waals surface area contributed by atoms with Crippen LogP contribution in [0.4, 0.5) is 5.69 Å². The minimum Gasteiger partial charge on any atom is -0.452 e. The maximum atomic E-state index is 11.6. The van der Waals surface area contributed by atoms with Crippen LogP contribution < -0.4 is 10.5 Å². The van der Waals surface area contributed by atoms with E-state index in [-0.39, 0.29) is 6.61 Å². The molecule has 0 N–H and O–H groups in total. The summed E-state index contributed by atoms with van der Waals surface area (Å²) in [5, 5.41) is 0.760. The maximum absolute atomic E-state index is 11.6. The van der Waals surface area contributed by atoms with Crippen molar-refractivity contribution < 1.29 is 13.9 Å². The first-order valence-electron chi connectivity index (χ1n) is 6.50. The first-order valence-corrected chi connectivity index (χ1v) is 6.50. The molecule has 0 aliphatic heterocycles. The second kappa shape index (κ2) is 6.23. The molecule has 105 valence electrons. The molecule has 0 atom stereocenters. The van der Waals surface area contributed by atoms with Gasteiger partial charge in [0.15, 0.2) is 0 Å². The van der Waals surface area contributed by atoms with Crippen LogP contribution in [0.3, 0.4) is 0 Å². The molecule has 0 unspecified atom stereocenters. The van der Waals surface area contributed by atoms with Gasteiger partial charge in [0, 0.05) is 41.9 Å². The van der Waals surface area contributed by atoms with Crippen LogP contribution in [0.1, 0.15) is 19.4 Å². The van der Waals surface area contributed by atoms with Crippen LogP contribution in [0, 0.1) is 0 Å². The van der Waals surface area contributed by atoms with Gasteiger partial charge in [-0.3, -0.25) is 0 Å². The summed E-state index contributed by atoms with van der Waals surface area (Å²) in [5.41, 5.74) is 1.64. The van der Waals surface area contributed by atoms with Crippen LogP contribution in [0.5, 0.6) is 0 Å². The summed E-state index contributed by atoms with van der Waals surface area (Å²) in [7, 11) is 0. The Hall–Kier alpha value is -2.30. The van der Waals surface area contributed by atoms with Gasteiger partial charge in [0.2, 0.25) is 0 Å². The molecule has 1 aromatic carbocycles. The molecule has 0 saturated heterocycles. The number of nitrogens with zero attached hydrogens (tertiary/aromatic N) is 1. The van der Waals surface area contributed by atoms with Gasteiger partial charge in [-0.1, -0.05) is 0 Å². The first kappa shape index (κ1) is 14.1. The molecule has 0 bridgehead atoms. The topological polar surface area (TPSA) is 59.8 Å². The Balaban J connectivity index is 2.52. The van der Waals surface area contributed by atoms with E-state index < -0.39 is 5.63 Å². The predicted molar refractivity (Wildman–Crippen MR) is 76.5 cm³/mol. The Kier molecular flexibility index (Phi) is 4.40. The number of carbonyl (C=O) groups excluding carboxylic acids is 1. The van der Waals surface area contributed by atoms with E-state index in [2.05, 4.69) is 23.5 Å². The Morgan fingerprint density at radius 2 is 2.00 bits per heavy atom. The number of anilines is 1. The molecule has 1 radical (unpaired) electrons. The van der Waals surface area contributed by atoms with Crippen molar-refractivity contribution in [2.75, 3.05) is 18.0 Å². The van der Waals surface area contributed by atoms with Crippen molar-refractivity contribution in [3.63, 3.8) is 0 Å². The maximum Gasteiger partial charge on any atom is 0.417 e. The molecule has 1 aromatic heterocycles. The second-order valence-electron chi connectivity index (χ2n) is 4.32. The molecule has 5 nitrogen and oxygen atoms in total. The molecule has 0 aliphatic rings. The molecule has 0 fully saturated rings. The van der Waals surface area contributed by atoms with Crippen LogP contribution in [-0.2, 0) is 16.1 Å². The number of fused-ring (bicyclic) bond motifs is 1. The number of rotatable bonds is 6. The standard InChI is InChI=1S/C15H16NO4/c1-3-16(4-2)12-5-6-13-11(9-19-10-17)7-15(18)20-14(13)8-12/h5-8H,3-4,9H2,1-2H3. The predicted octanol–water partition coefficient (Wildman–Crippen LogP) is 2.22. The first-order chi connectivity index (χ1) is 9.69. The lowest BCUT2D eigenvalue weighted by Gasteiger charge is -2.21. The quantitative estimate of drug-likeness (QED) is 0.756. The van der Waals surface area contributed by atoms with Crippen LogP contribution in [0.25, 0.3) is 11.0 Å². The van der Waals surface area contributed by atoms with Crippen molar-refractivity contribution in [3.05, 3.63) is 40.2 Å². The molecule has 2 aromatic rings. The zero-order chi connectivity index (χ0) is 14.5. The number of benzene rings is 1. The second-order valence-corrected chi connectivity index (χ2v) is 4.32. The van der Waals surface area contributed by atoms with Gasteiger partial charge >= 0.3 is 12.1 Å². The van der Waals surface area contributed by atoms with Crippen LogP contribution >= 0.6 is 0 Å². The summed E-state index contributed by atoms with van der Waals surface area (Å²) in [6.07, 6.45) is 0. The Morgan fingerprint density at radius 1 is 1.25 bits per heavy atom. The lowest BCUT2D eigenvalue weighted by Crippen LogP contribution is -2.21. The van der Waals surface area contributed by atoms with Gasteiger partial charge in [-0.05, 0) is 26.0 Å². The monoisotopic (exact) mass is 274 g/mol. The molecule has 0 aliphatic carbocycles. The summed E-state index contributed by atoms with van der Waals surface area (Å²) in [5.74, 6) is 0.